The second kappa shape index (κ2) is 7.29. The van der Waals surface area contributed by atoms with Gasteiger partial charge in [0.05, 0.1) is 18.3 Å². The van der Waals surface area contributed by atoms with Gasteiger partial charge in [-0.05, 0) is 6.42 Å². The zero-order valence-corrected chi connectivity index (χ0v) is 8.36. The van der Waals surface area contributed by atoms with Crippen molar-refractivity contribution in [3.05, 3.63) is 24.8 Å². The van der Waals surface area contributed by atoms with E-state index < -0.39 is 12.1 Å². The maximum absolute atomic E-state index is 11.1. The van der Waals surface area contributed by atoms with E-state index in [0.717, 1.165) is 0 Å². The van der Waals surface area contributed by atoms with Crippen LogP contribution in [0.2, 0.25) is 0 Å². The highest BCUT2D eigenvalue weighted by Crippen LogP contribution is 2.05. The maximum Gasteiger partial charge on any atom is 0.338 e. The first-order chi connectivity index (χ1) is 6.63. The van der Waals surface area contributed by atoms with Crippen molar-refractivity contribution in [3.8, 4) is 0 Å². The molecule has 0 heterocycles. The molecule has 0 aliphatic heterocycles. The molecule has 0 aromatic rings. The van der Waals surface area contributed by atoms with Crippen LogP contribution in [-0.2, 0) is 14.3 Å². The van der Waals surface area contributed by atoms with E-state index in [0.29, 0.717) is 13.0 Å². The molecule has 0 aliphatic rings. The zero-order valence-electron chi connectivity index (χ0n) is 8.36. The van der Waals surface area contributed by atoms with Gasteiger partial charge >= 0.3 is 5.97 Å². The molecule has 4 heteroatoms. The fourth-order valence-corrected chi connectivity index (χ4v) is 0.702. The summed E-state index contributed by atoms with van der Waals surface area (Å²) in [5.74, 6) is -0.636. The fourth-order valence-electron chi connectivity index (χ4n) is 0.702. The predicted octanol–water partition coefficient (Wildman–Crippen LogP) is 1.02. The zero-order chi connectivity index (χ0) is 11.0. The van der Waals surface area contributed by atoms with E-state index in [9.17, 15) is 9.90 Å². The maximum atomic E-state index is 11.1. The molecule has 80 valence electrons. The van der Waals surface area contributed by atoms with Crippen molar-refractivity contribution >= 4 is 5.97 Å². The third kappa shape index (κ3) is 4.79. The Bertz CT molecular complexity index is 210. The van der Waals surface area contributed by atoms with Crippen LogP contribution in [0.4, 0.5) is 0 Å². The number of rotatable bonds is 7. The lowest BCUT2D eigenvalue weighted by Gasteiger charge is -2.10. The number of aliphatic hydroxyl groups is 1. The van der Waals surface area contributed by atoms with Crippen LogP contribution in [0.25, 0.3) is 0 Å². The average molecular weight is 200 g/mol. The molecule has 0 fully saturated rings. The molecule has 0 radical (unpaired) electrons. The molecule has 0 bridgehead atoms. The van der Waals surface area contributed by atoms with E-state index in [2.05, 4.69) is 17.9 Å². The average Bonchev–Trinajstić information content (AvgIpc) is 2.21. The van der Waals surface area contributed by atoms with Crippen LogP contribution in [-0.4, -0.2) is 30.6 Å². The summed E-state index contributed by atoms with van der Waals surface area (Å²) < 4.78 is 9.49. The first kappa shape index (κ1) is 12.9. The topological polar surface area (TPSA) is 55.8 Å². The Balaban J connectivity index is 3.73. The smallest absolute Gasteiger partial charge is 0.338 e. The normalized spacial score (nSPS) is 11.9. The van der Waals surface area contributed by atoms with Crippen molar-refractivity contribution in [3.63, 3.8) is 0 Å². The molecular weight excluding hydrogens is 184 g/mol. The molecule has 0 saturated carbocycles. The van der Waals surface area contributed by atoms with Gasteiger partial charge in [0.15, 0.2) is 6.79 Å². The van der Waals surface area contributed by atoms with E-state index >= 15 is 0 Å². The minimum Gasteiger partial charge on any atom is -0.435 e. The van der Waals surface area contributed by atoms with Gasteiger partial charge in [0, 0.05) is 0 Å². The number of ether oxygens (including phenoxy) is 2. The standard InChI is InChI=1S/C10H16O4/c1-4-6-13-7-14-10(12)8(3)9(11)5-2/h4,9,11H,1,3,5-7H2,2H3. The van der Waals surface area contributed by atoms with Gasteiger partial charge in [0.25, 0.3) is 0 Å². The molecule has 1 atom stereocenters. The molecule has 0 aromatic heterocycles. The number of hydrogen-bond acceptors (Lipinski definition) is 4. The summed E-state index contributed by atoms with van der Waals surface area (Å²) in [6.45, 7) is 8.77. The van der Waals surface area contributed by atoms with Crippen LogP contribution in [0.1, 0.15) is 13.3 Å². The Labute approximate surface area is 83.8 Å². The summed E-state index contributed by atoms with van der Waals surface area (Å²) >= 11 is 0. The number of carbonyl (C=O) groups excluding carboxylic acids is 1. The number of esters is 1. The lowest BCUT2D eigenvalue weighted by molar-refractivity contribution is -0.151. The van der Waals surface area contributed by atoms with Crippen LogP contribution in [0.3, 0.4) is 0 Å². The number of carbonyl (C=O) groups is 1. The van der Waals surface area contributed by atoms with Gasteiger partial charge in [0.2, 0.25) is 0 Å². The van der Waals surface area contributed by atoms with Crippen LogP contribution in [0.15, 0.2) is 24.8 Å². The highest BCUT2D eigenvalue weighted by Gasteiger charge is 2.15. The van der Waals surface area contributed by atoms with Crippen LogP contribution in [0, 0.1) is 0 Å². The van der Waals surface area contributed by atoms with E-state index in [1.54, 1.807) is 13.0 Å². The monoisotopic (exact) mass is 200 g/mol. The molecule has 0 aliphatic carbocycles. The molecular formula is C10H16O4. The Morgan fingerprint density at radius 1 is 1.64 bits per heavy atom. The van der Waals surface area contributed by atoms with Crippen molar-refractivity contribution in [1.82, 2.24) is 0 Å². The highest BCUT2D eigenvalue weighted by atomic mass is 16.7. The third-order valence-corrected chi connectivity index (χ3v) is 1.56. The fraction of sp³-hybridized carbons (Fsp3) is 0.500. The SMILES string of the molecule is C=CCOCOC(=O)C(=C)C(O)CC. The van der Waals surface area contributed by atoms with Crippen LogP contribution < -0.4 is 0 Å². The molecule has 4 nitrogen and oxygen atoms in total. The molecule has 0 rings (SSSR count). The third-order valence-electron chi connectivity index (χ3n) is 1.56. The Hall–Kier alpha value is -1.13. The number of hydrogen-bond donors (Lipinski definition) is 1. The Kier molecular flexibility index (Phi) is 6.70. The lowest BCUT2D eigenvalue weighted by atomic mass is 10.1. The van der Waals surface area contributed by atoms with Gasteiger partial charge in [-0.3, -0.25) is 0 Å². The largest absolute Gasteiger partial charge is 0.435 e. The molecule has 14 heavy (non-hydrogen) atoms. The second-order valence-corrected chi connectivity index (χ2v) is 2.66. The number of aliphatic hydroxyl groups excluding tert-OH is 1. The van der Waals surface area contributed by atoms with E-state index in [4.69, 9.17) is 4.74 Å². The summed E-state index contributed by atoms with van der Waals surface area (Å²) in [6.07, 6.45) is 1.13. The minimum absolute atomic E-state index is 0.0507. The van der Waals surface area contributed by atoms with Crippen molar-refractivity contribution < 1.29 is 19.4 Å². The van der Waals surface area contributed by atoms with Crippen molar-refractivity contribution in [2.24, 2.45) is 0 Å². The summed E-state index contributed by atoms with van der Waals surface area (Å²) in [6, 6.07) is 0. The Morgan fingerprint density at radius 2 is 2.29 bits per heavy atom. The van der Waals surface area contributed by atoms with Gasteiger partial charge in [0.1, 0.15) is 0 Å². The summed E-state index contributed by atoms with van der Waals surface area (Å²) in [5.41, 5.74) is 0.0507. The van der Waals surface area contributed by atoms with Crippen molar-refractivity contribution in [2.75, 3.05) is 13.4 Å². The summed E-state index contributed by atoms with van der Waals surface area (Å²) in [4.78, 5) is 11.1. The van der Waals surface area contributed by atoms with Gasteiger partial charge in [-0.15, -0.1) is 6.58 Å². The minimum atomic E-state index is -0.845. The van der Waals surface area contributed by atoms with Crippen LogP contribution >= 0.6 is 0 Å². The van der Waals surface area contributed by atoms with Gasteiger partial charge in [-0.2, -0.15) is 0 Å². The van der Waals surface area contributed by atoms with Gasteiger partial charge in [-0.25, -0.2) is 4.79 Å². The van der Waals surface area contributed by atoms with E-state index in [-0.39, 0.29) is 12.4 Å². The quantitative estimate of drug-likeness (QED) is 0.219. The molecule has 0 aromatic carbocycles. The van der Waals surface area contributed by atoms with Gasteiger partial charge < -0.3 is 14.6 Å². The summed E-state index contributed by atoms with van der Waals surface area (Å²) in [5, 5.41) is 9.24. The Morgan fingerprint density at radius 3 is 2.79 bits per heavy atom. The summed E-state index contributed by atoms with van der Waals surface area (Å²) in [7, 11) is 0. The molecule has 0 spiro atoms. The molecule has 0 saturated heterocycles. The highest BCUT2D eigenvalue weighted by molar-refractivity contribution is 5.88. The first-order valence-corrected chi connectivity index (χ1v) is 4.36. The first-order valence-electron chi connectivity index (χ1n) is 4.36. The van der Waals surface area contributed by atoms with Gasteiger partial charge in [-0.1, -0.05) is 19.6 Å². The molecule has 0 amide bonds. The van der Waals surface area contributed by atoms with Crippen molar-refractivity contribution in [1.29, 1.82) is 0 Å². The van der Waals surface area contributed by atoms with E-state index in [1.165, 1.54) is 0 Å². The second-order valence-electron chi connectivity index (χ2n) is 2.66. The molecule has 1 N–H and O–H groups in total. The van der Waals surface area contributed by atoms with Crippen LogP contribution in [0.5, 0.6) is 0 Å². The van der Waals surface area contributed by atoms with Crippen molar-refractivity contribution in [2.45, 2.75) is 19.4 Å². The molecule has 1 unspecified atom stereocenters. The predicted molar refractivity (Wildman–Crippen MR) is 52.5 cm³/mol. The van der Waals surface area contributed by atoms with E-state index in [1.807, 2.05) is 0 Å². The lowest BCUT2D eigenvalue weighted by Crippen LogP contribution is -2.19.